The number of nitro groups is 1. The maximum atomic E-state index is 12.4. The second kappa shape index (κ2) is 8.60. The zero-order chi connectivity index (χ0) is 19.3. The lowest BCUT2D eigenvalue weighted by molar-refractivity contribution is -0.384. The Morgan fingerprint density at radius 2 is 2.04 bits per heavy atom. The smallest absolute Gasteiger partial charge is 0.270 e. The highest BCUT2D eigenvalue weighted by Crippen LogP contribution is 2.28. The lowest BCUT2D eigenvalue weighted by atomic mass is 10.1. The van der Waals surface area contributed by atoms with Gasteiger partial charge in [0.15, 0.2) is 0 Å². The van der Waals surface area contributed by atoms with Crippen molar-refractivity contribution in [1.29, 1.82) is 5.26 Å². The van der Waals surface area contributed by atoms with E-state index in [0.717, 1.165) is 4.47 Å². The average molecular weight is 481 g/mol. The molecule has 0 spiro atoms. The van der Waals surface area contributed by atoms with Crippen molar-refractivity contribution in [3.05, 3.63) is 66.6 Å². The number of halogens is 2. The van der Waals surface area contributed by atoms with Gasteiger partial charge in [0.05, 0.1) is 17.7 Å². The molecule has 2 aromatic rings. The second-order valence-corrected chi connectivity index (χ2v) is 6.70. The number of nitrogens with one attached hydrogen (secondary N) is 1. The number of hydrogen-bond acceptors (Lipinski definition) is 5. The summed E-state index contributed by atoms with van der Waals surface area (Å²) in [6.07, 6.45) is 1.40. The van der Waals surface area contributed by atoms with Gasteiger partial charge in [-0.05, 0) is 46.3 Å². The first-order valence-corrected chi connectivity index (χ1v) is 8.65. The summed E-state index contributed by atoms with van der Waals surface area (Å²) in [5, 5.41) is 22.6. The third-order valence-electron chi connectivity index (χ3n) is 3.27. The van der Waals surface area contributed by atoms with Crippen LogP contribution < -0.4 is 10.1 Å². The molecule has 9 heteroatoms. The van der Waals surface area contributed by atoms with Crippen LogP contribution in [0.3, 0.4) is 0 Å². The summed E-state index contributed by atoms with van der Waals surface area (Å²) in [6, 6.07) is 10.9. The molecule has 26 heavy (non-hydrogen) atoms. The van der Waals surface area contributed by atoms with Crippen LogP contribution in [0.2, 0.25) is 0 Å². The molecule has 0 unspecified atom stereocenters. The van der Waals surface area contributed by atoms with Crippen molar-refractivity contribution in [2.45, 2.75) is 0 Å². The van der Waals surface area contributed by atoms with Crippen LogP contribution in [-0.4, -0.2) is 17.9 Å². The minimum absolute atomic E-state index is 0.121. The molecular formula is C17H11Br2N3O4. The molecule has 0 aromatic heterocycles. The third-order valence-corrected chi connectivity index (χ3v) is 4.42. The highest BCUT2D eigenvalue weighted by atomic mass is 79.9. The zero-order valence-electron chi connectivity index (χ0n) is 13.3. The summed E-state index contributed by atoms with van der Waals surface area (Å²) in [7, 11) is 1.49. The van der Waals surface area contributed by atoms with Gasteiger partial charge in [-0.2, -0.15) is 5.26 Å². The predicted molar refractivity (Wildman–Crippen MR) is 104 cm³/mol. The summed E-state index contributed by atoms with van der Waals surface area (Å²) >= 11 is 6.49. The van der Waals surface area contributed by atoms with Gasteiger partial charge in [-0.1, -0.05) is 15.9 Å². The first kappa shape index (κ1) is 19.6. The summed E-state index contributed by atoms with van der Waals surface area (Å²) in [5.74, 6) is -0.144. The zero-order valence-corrected chi connectivity index (χ0v) is 16.5. The molecule has 132 valence electrons. The lowest BCUT2D eigenvalue weighted by Gasteiger charge is -2.08. The predicted octanol–water partition coefficient (Wildman–Crippen LogP) is 4.67. The van der Waals surface area contributed by atoms with Crippen molar-refractivity contribution in [2.24, 2.45) is 0 Å². The summed E-state index contributed by atoms with van der Waals surface area (Å²) in [4.78, 5) is 22.6. The van der Waals surface area contributed by atoms with E-state index in [2.05, 4.69) is 37.2 Å². The number of nitriles is 1. The van der Waals surface area contributed by atoms with Crippen LogP contribution in [0.5, 0.6) is 5.75 Å². The number of amides is 1. The fraction of sp³-hybridized carbons (Fsp3) is 0.0588. The van der Waals surface area contributed by atoms with Crippen LogP contribution in [0.4, 0.5) is 11.4 Å². The molecule has 0 aliphatic heterocycles. The molecule has 7 nitrogen and oxygen atoms in total. The van der Waals surface area contributed by atoms with E-state index in [4.69, 9.17) is 4.74 Å². The first-order valence-electron chi connectivity index (χ1n) is 7.06. The molecule has 2 rings (SSSR count). The standard InChI is InChI=1S/C17H11Br2N3O4/c1-26-16-5-2-12(18)7-10(16)6-11(9-20)17(23)21-15-4-3-13(22(24)25)8-14(15)19/h2-8H,1H3,(H,21,23). The average Bonchev–Trinajstić information content (AvgIpc) is 2.61. The number of rotatable bonds is 5. The van der Waals surface area contributed by atoms with E-state index in [9.17, 15) is 20.2 Å². The summed E-state index contributed by atoms with van der Waals surface area (Å²) in [6.45, 7) is 0. The van der Waals surface area contributed by atoms with Crippen LogP contribution >= 0.6 is 31.9 Å². The Hall–Kier alpha value is -2.70. The van der Waals surface area contributed by atoms with Gasteiger partial charge < -0.3 is 10.1 Å². The number of hydrogen-bond donors (Lipinski definition) is 1. The van der Waals surface area contributed by atoms with Gasteiger partial charge in [-0.15, -0.1) is 0 Å². The van der Waals surface area contributed by atoms with E-state index in [1.165, 1.54) is 31.4 Å². The van der Waals surface area contributed by atoms with Gasteiger partial charge >= 0.3 is 0 Å². The Labute approximate surface area is 165 Å². The van der Waals surface area contributed by atoms with Crippen molar-refractivity contribution in [2.75, 3.05) is 12.4 Å². The number of carbonyl (C=O) groups excluding carboxylic acids is 1. The SMILES string of the molecule is COc1ccc(Br)cc1C=C(C#N)C(=O)Nc1ccc([N+](=O)[O-])cc1Br. The van der Waals surface area contributed by atoms with Crippen molar-refractivity contribution in [3.8, 4) is 11.8 Å². The second-order valence-electron chi connectivity index (χ2n) is 4.93. The molecule has 0 radical (unpaired) electrons. The van der Waals surface area contributed by atoms with Gasteiger partial charge in [0.2, 0.25) is 0 Å². The molecule has 0 atom stereocenters. The number of nitro benzene ring substituents is 1. The van der Waals surface area contributed by atoms with Crippen LogP contribution in [0, 0.1) is 21.4 Å². The number of methoxy groups -OCH3 is 1. The number of benzene rings is 2. The maximum absolute atomic E-state index is 12.4. The van der Waals surface area contributed by atoms with E-state index >= 15 is 0 Å². The van der Waals surface area contributed by atoms with Crippen LogP contribution in [0.1, 0.15) is 5.56 Å². The Morgan fingerprint density at radius 1 is 1.31 bits per heavy atom. The number of non-ortho nitro benzene ring substituents is 1. The normalized spacial score (nSPS) is 10.8. The molecule has 0 aliphatic rings. The topological polar surface area (TPSA) is 105 Å². The highest BCUT2D eigenvalue weighted by Gasteiger charge is 2.15. The fourth-order valence-corrected chi connectivity index (χ4v) is 2.88. The lowest BCUT2D eigenvalue weighted by Crippen LogP contribution is -2.14. The minimum Gasteiger partial charge on any atom is -0.496 e. The molecule has 1 amide bonds. The Bertz CT molecular complexity index is 952. The van der Waals surface area contributed by atoms with Crippen LogP contribution in [-0.2, 0) is 4.79 Å². The molecular weight excluding hydrogens is 470 g/mol. The van der Waals surface area contributed by atoms with Gasteiger partial charge in [-0.3, -0.25) is 14.9 Å². The molecule has 0 saturated heterocycles. The molecule has 0 heterocycles. The van der Waals surface area contributed by atoms with Crippen LogP contribution in [0.25, 0.3) is 6.08 Å². The van der Waals surface area contributed by atoms with Crippen molar-refractivity contribution < 1.29 is 14.5 Å². The first-order chi connectivity index (χ1) is 12.3. The van der Waals surface area contributed by atoms with Gasteiger partial charge in [-0.25, -0.2) is 0 Å². The van der Waals surface area contributed by atoms with Crippen LogP contribution in [0.15, 0.2) is 50.9 Å². The van der Waals surface area contributed by atoms with Gasteiger partial charge in [0.1, 0.15) is 17.4 Å². The Balaban J connectivity index is 2.32. The molecule has 2 aromatic carbocycles. The van der Waals surface area contributed by atoms with E-state index in [1.54, 1.807) is 18.2 Å². The van der Waals surface area contributed by atoms with Gasteiger partial charge in [0, 0.05) is 26.6 Å². The van der Waals surface area contributed by atoms with E-state index in [1.807, 2.05) is 6.07 Å². The molecule has 1 N–H and O–H groups in total. The molecule has 0 bridgehead atoms. The fourth-order valence-electron chi connectivity index (χ4n) is 2.03. The monoisotopic (exact) mass is 479 g/mol. The Morgan fingerprint density at radius 3 is 2.62 bits per heavy atom. The largest absolute Gasteiger partial charge is 0.496 e. The molecule has 0 saturated carbocycles. The highest BCUT2D eigenvalue weighted by molar-refractivity contribution is 9.10. The number of ether oxygens (including phenoxy) is 1. The van der Waals surface area contributed by atoms with E-state index in [0.29, 0.717) is 21.5 Å². The quantitative estimate of drug-likeness (QED) is 0.289. The van der Waals surface area contributed by atoms with E-state index in [-0.39, 0.29) is 11.3 Å². The number of anilines is 1. The van der Waals surface area contributed by atoms with Crippen molar-refractivity contribution in [3.63, 3.8) is 0 Å². The maximum Gasteiger partial charge on any atom is 0.270 e. The molecule has 0 fully saturated rings. The number of carbonyl (C=O) groups is 1. The summed E-state index contributed by atoms with van der Waals surface area (Å²) in [5.41, 5.74) is 0.593. The van der Waals surface area contributed by atoms with Gasteiger partial charge in [0.25, 0.3) is 11.6 Å². The Kier molecular flexibility index (Phi) is 6.49. The third kappa shape index (κ3) is 4.68. The summed E-state index contributed by atoms with van der Waals surface area (Å²) < 4.78 is 6.32. The molecule has 0 aliphatic carbocycles. The van der Waals surface area contributed by atoms with Crippen molar-refractivity contribution in [1.82, 2.24) is 0 Å². The minimum atomic E-state index is -0.649. The number of nitrogens with zero attached hydrogens (tertiary/aromatic N) is 2. The van der Waals surface area contributed by atoms with E-state index < -0.39 is 10.8 Å². The van der Waals surface area contributed by atoms with Crippen molar-refractivity contribution >= 4 is 55.2 Å².